The molecule has 4 heteroatoms. The second kappa shape index (κ2) is 5.71. The van der Waals surface area contributed by atoms with E-state index in [1.54, 1.807) is 11.8 Å². The van der Waals surface area contributed by atoms with Crippen LogP contribution in [0.25, 0.3) is 0 Å². The first-order valence-corrected chi connectivity index (χ1v) is 6.57. The maximum atomic E-state index is 5.75. The van der Waals surface area contributed by atoms with E-state index in [0.717, 1.165) is 22.3 Å². The van der Waals surface area contributed by atoms with Gasteiger partial charge >= 0.3 is 0 Å². The molecular weight excluding hydrogens is 228 g/mol. The van der Waals surface area contributed by atoms with Crippen molar-refractivity contribution in [1.82, 2.24) is 9.97 Å². The monoisotopic (exact) mass is 244 g/mol. The molecule has 0 spiro atoms. The molecule has 1 heterocycles. The Labute approximate surface area is 101 Å². The zero-order chi connectivity index (χ0) is 11.4. The van der Waals surface area contributed by atoms with Crippen LogP contribution in [0.2, 0.25) is 0 Å². The Bertz CT molecular complexity index is 318. The van der Waals surface area contributed by atoms with Crippen molar-refractivity contribution in [2.75, 3.05) is 11.6 Å². The lowest BCUT2D eigenvalue weighted by Gasteiger charge is -2.08. The number of hydrogen-bond donors (Lipinski definition) is 0. The minimum atomic E-state index is 0.502. The van der Waals surface area contributed by atoms with E-state index in [-0.39, 0.29) is 0 Å². The molecule has 0 saturated heterocycles. The van der Waals surface area contributed by atoms with Gasteiger partial charge < -0.3 is 0 Å². The fourth-order valence-corrected chi connectivity index (χ4v) is 2.26. The van der Waals surface area contributed by atoms with Crippen molar-refractivity contribution < 1.29 is 0 Å². The molecule has 1 aromatic heterocycles. The third-order valence-electron chi connectivity index (χ3n) is 2.37. The van der Waals surface area contributed by atoms with Crippen molar-refractivity contribution in [3.63, 3.8) is 0 Å². The molecule has 1 unspecified atom stereocenters. The lowest BCUT2D eigenvalue weighted by molar-refractivity contribution is 0.754. The first-order chi connectivity index (χ1) is 7.04. The fourth-order valence-electron chi connectivity index (χ4n) is 1.07. The summed E-state index contributed by atoms with van der Waals surface area (Å²) >= 11 is 7.44. The average molecular weight is 245 g/mol. The number of rotatable bonds is 4. The third-order valence-corrected chi connectivity index (χ3v) is 4.08. The molecule has 0 amide bonds. The van der Waals surface area contributed by atoms with Crippen LogP contribution in [0.3, 0.4) is 0 Å². The summed E-state index contributed by atoms with van der Waals surface area (Å²) in [6, 6.07) is 0. The average Bonchev–Trinajstić information content (AvgIpc) is 2.22. The molecule has 0 aromatic carbocycles. The molecule has 1 aromatic rings. The van der Waals surface area contributed by atoms with Crippen LogP contribution in [-0.2, 0) is 0 Å². The summed E-state index contributed by atoms with van der Waals surface area (Å²) < 4.78 is 0. The molecular formula is C11H17ClN2S. The lowest BCUT2D eigenvalue weighted by Crippen LogP contribution is -2.02. The SMILES string of the molecule is Cc1nc(SCC(C)CCl)nc(C)c1C. The Morgan fingerprint density at radius 3 is 2.20 bits per heavy atom. The van der Waals surface area contributed by atoms with E-state index in [4.69, 9.17) is 11.6 Å². The number of alkyl halides is 1. The second-order valence-corrected chi connectivity index (χ2v) is 5.17. The standard InChI is InChI=1S/C11H17ClN2S/c1-7(5-12)6-15-11-13-9(3)8(2)10(4)14-11/h7H,5-6H2,1-4H3. The molecule has 84 valence electrons. The van der Waals surface area contributed by atoms with Crippen LogP contribution in [0.4, 0.5) is 0 Å². The van der Waals surface area contributed by atoms with Gasteiger partial charge in [-0.05, 0) is 32.3 Å². The Balaban J connectivity index is 2.70. The summed E-state index contributed by atoms with van der Waals surface area (Å²) in [6.45, 7) is 8.24. The molecule has 0 N–H and O–H groups in total. The van der Waals surface area contributed by atoms with Gasteiger partial charge in [0.05, 0.1) is 0 Å². The molecule has 0 aliphatic rings. The zero-order valence-corrected chi connectivity index (χ0v) is 11.2. The van der Waals surface area contributed by atoms with E-state index in [2.05, 4.69) is 23.8 Å². The number of aryl methyl sites for hydroxylation is 2. The quantitative estimate of drug-likeness (QED) is 0.461. The highest BCUT2D eigenvalue weighted by Gasteiger charge is 2.07. The molecule has 0 fully saturated rings. The Hall–Kier alpha value is -0.280. The molecule has 15 heavy (non-hydrogen) atoms. The van der Waals surface area contributed by atoms with Gasteiger partial charge in [0.2, 0.25) is 0 Å². The second-order valence-electron chi connectivity index (χ2n) is 3.87. The first-order valence-electron chi connectivity index (χ1n) is 5.05. The topological polar surface area (TPSA) is 25.8 Å². The number of halogens is 1. The van der Waals surface area contributed by atoms with E-state index in [0.29, 0.717) is 11.8 Å². The summed E-state index contributed by atoms with van der Waals surface area (Å²) in [5.41, 5.74) is 3.33. The predicted octanol–water partition coefficient (Wildman–Crippen LogP) is 3.37. The van der Waals surface area contributed by atoms with Crippen LogP contribution in [0.1, 0.15) is 23.9 Å². The minimum absolute atomic E-state index is 0.502. The molecule has 0 aliphatic heterocycles. The van der Waals surface area contributed by atoms with Gasteiger partial charge in [-0.25, -0.2) is 9.97 Å². The highest BCUT2D eigenvalue weighted by molar-refractivity contribution is 7.99. The molecule has 1 rings (SSSR count). The van der Waals surface area contributed by atoms with Crippen molar-refractivity contribution in [2.24, 2.45) is 5.92 Å². The molecule has 0 saturated carbocycles. The fraction of sp³-hybridized carbons (Fsp3) is 0.636. The van der Waals surface area contributed by atoms with Crippen molar-refractivity contribution in [1.29, 1.82) is 0 Å². The summed E-state index contributed by atoms with van der Waals surface area (Å²) in [6.07, 6.45) is 0. The summed E-state index contributed by atoms with van der Waals surface area (Å²) in [7, 11) is 0. The minimum Gasteiger partial charge on any atom is -0.228 e. The summed E-state index contributed by atoms with van der Waals surface area (Å²) in [4.78, 5) is 8.90. The highest BCUT2D eigenvalue weighted by atomic mass is 35.5. The van der Waals surface area contributed by atoms with Gasteiger partial charge in [-0.15, -0.1) is 11.6 Å². The van der Waals surface area contributed by atoms with E-state index in [9.17, 15) is 0 Å². The molecule has 0 bridgehead atoms. The van der Waals surface area contributed by atoms with Crippen LogP contribution in [0, 0.1) is 26.7 Å². The van der Waals surface area contributed by atoms with E-state index < -0.39 is 0 Å². The Morgan fingerprint density at radius 2 is 1.73 bits per heavy atom. The third kappa shape index (κ3) is 3.65. The Morgan fingerprint density at radius 1 is 1.20 bits per heavy atom. The van der Waals surface area contributed by atoms with Gasteiger partial charge in [-0.2, -0.15) is 0 Å². The van der Waals surface area contributed by atoms with E-state index in [1.807, 2.05) is 13.8 Å². The van der Waals surface area contributed by atoms with Crippen LogP contribution in [0.5, 0.6) is 0 Å². The molecule has 2 nitrogen and oxygen atoms in total. The predicted molar refractivity (Wildman–Crippen MR) is 66.9 cm³/mol. The van der Waals surface area contributed by atoms with E-state index in [1.165, 1.54) is 5.56 Å². The first kappa shape index (κ1) is 12.8. The maximum Gasteiger partial charge on any atom is 0.188 e. The molecule has 0 aliphatic carbocycles. The zero-order valence-electron chi connectivity index (χ0n) is 9.67. The van der Waals surface area contributed by atoms with Crippen LogP contribution >= 0.6 is 23.4 Å². The maximum absolute atomic E-state index is 5.75. The van der Waals surface area contributed by atoms with Gasteiger partial charge in [0, 0.05) is 23.0 Å². The van der Waals surface area contributed by atoms with Gasteiger partial charge in [0.15, 0.2) is 5.16 Å². The number of aromatic nitrogens is 2. The lowest BCUT2D eigenvalue weighted by atomic mass is 10.2. The molecule has 0 radical (unpaired) electrons. The van der Waals surface area contributed by atoms with Crippen LogP contribution in [0.15, 0.2) is 5.16 Å². The number of thioether (sulfide) groups is 1. The molecule has 1 atom stereocenters. The summed E-state index contributed by atoms with van der Waals surface area (Å²) in [5.74, 6) is 2.17. The van der Waals surface area contributed by atoms with Gasteiger partial charge in [0.1, 0.15) is 0 Å². The van der Waals surface area contributed by atoms with Crippen LogP contribution in [-0.4, -0.2) is 21.6 Å². The van der Waals surface area contributed by atoms with Gasteiger partial charge in [-0.3, -0.25) is 0 Å². The Kier molecular flexibility index (Phi) is 4.87. The van der Waals surface area contributed by atoms with Gasteiger partial charge in [0.25, 0.3) is 0 Å². The highest BCUT2D eigenvalue weighted by Crippen LogP contribution is 2.19. The number of hydrogen-bond acceptors (Lipinski definition) is 3. The van der Waals surface area contributed by atoms with Gasteiger partial charge in [-0.1, -0.05) is 18.7 Å². The normalized spacial score (nSPS) is 12.9. The van der Waals surface area contributed by atoms with E-state index >= 15 is 0 Å². The van der Waals surface area contributed by atoms with Crippen molar-refractivity contribution in [3.8, 4) is 0 Å². The number of nitrogens with zero attached hydrogens (tertiary/aromatic N) is 2. The van der Waals surface area contributed by atoms with Crippen LogP contribution < -0.4 is 0 Å². The van der Waals surface area contributed by atoms with Crippen molar-refractivity contribution in [2.45, 2.75) is 32.9 Å². The largest absolute Gasteiger partial charge is 0.228 e. The van der Waals surface area contributed by atoms with Crippen molar-refractivity contribution >= 4 is 23.4 Å². The summed E-state index contributed by atoms with van der Waals surface area (Å²) in [5, 5.41) is 0.868. The van der Waals surface area contributed by atoms with Crippen molar-refractivity contribution in [3.05, 3.63) is 17.0 Å². The smallest absolute Gasteiger partial charge is 0.188 e.